The first-order valence-electron chi connectivity index (χ1n) is 5.98. The molecule has 98 valence electrons. The minimum Gasteiger partial charge on any atom is -0.481 e. The van der Waals surface area contributed by atoms with Crippen LogP contribution >= 0.6 is 0 Å². The quantitative estimate of drug-likeness (QED) is 0.695. The molecule has 5 nitrogen and oxygen atoms in total. The normalized spacial score (nSPS) is 15.7. The third kappa shape index (κ3) is 4.73. The molecule has 0 aromatic carbocycles. The number of hydrogen-bond donors (Lipinski definition) is 2. The Kier molecular flexibility index (Phi) is 4.51. The Morgan fingerprint density at radius 3 is 2.29 bits per heavy atom. The molecule has 1 amide bonds. The zero-order valence-corrected chi connectivity index (χ0v) is 10.5. The molecule has 0 aliphatic heterocycles. The summed E-state index contributed by atoms with van der Waals surface area (Å²) in [4.78, 5) is 24.4. The van der Waals surface area contributed by atoms with Crippen LogP contribution in [-0.4, -0.2) is 46.2 Å². The summed E-state index contributed by atoms with van der Waals surface area (Å²) in [5.41, 5.74) is -0.536. The summed E-state index contributed by atoms with van der Waals surface area (Å²) >= 11 is 0. The van der Waals surface area contributed by atoms with Gasteiger partial charge < -0.3 is 15.1 Å². The molecule has 0 aromatic heterocycles. The first-order chi connectivity index (χ1) is 7.85. The molecule has 1 aliphatic rings. The number of amides is 1. The van der Waals surface area contributed by atoms with Crippen molar-refractivity contribution in [2.75, 3.05) is 13.2 Å². The molecule has 0 atom stereocenters. The van der Waals surface area contributed by atoms with E-state index in [0.29, 0.717) is 6.54 Å². The average Bonchev–Trinajstić information content (AvgIpc) is 2.93. The zero-order valence-electron chi connectivity index (χ0n) is 10.5. The van der Waals surface area contributed by atoms with Gasteiger partial charge in [0.1, 0.15) is 0 Å². The Morgan fingerprint density at radius 1 is 1.29 bits per heavy atom. The van der Waals surface area contributed by atoms with Gasteiger partial charge in [-0.3, -0.25) is 9.59 Å². The van der Waals surface area contributed by atoms with E-state index in [4.69, 9.17) is 10.2 Å². The number of nitrogens with zero attached hydrogens (tertiary/aromatic N) is 1. The lowest BCUT2D eigenvalue weighted by atomic mass is 9.85. The Hall–Kier alpha value is -1.10. The number of hydrogen-bond acceptors (Lipinski definition) is 3. The molecule has 0 bridgehead atoms. The fraction of sp³-hybridized carbons (Fsp3) is 0.833. The average molecular weight is 243 g/mol. The van der Waals surface area contributed by atoms with Crippen LogP contribution in [0.2, 0.25) is 0 Å². The van der Waals surface area contributed by atoms with Crippen molar-refractivity contribution in [2.45, 2.75) is 45.6 Å². The maximum atomic E-state index is 12.0. The van der Waals surface area contributed by atoms with E-state index < -0.39 is 11.4 Å². The van der Waals surface area contributed by atoms with Gasteiger partial charge in [0, 0.05) is 19.0 Å². The largest absolute Gasteiger partial charge is 0.481 e. The molecular weight excluding hydrogens is 222 g/mol. The van der Waals surface area contributed by atoms with Crippen molar-refractivity contribution >= 4 is 11.9 Å². The van der Waals surface area contributed by atoms with Gasteiger partial charge in [-0.05, 0) is 18.3 Å². The summed E-state index contributed by atoms with van der Waals surface area (Å²) in [5.74, 6) is -0.935. The van der Waals surface area contributed by atoms with Crippen LogP contribution in [0, 0.1) is 5.41 Å². The maximum Gasteiger partial charge on any atom is 0.303 e. The summed E-state index contributed by atoms with van der Waals surface area (Å²) < 4.78 is 0. The molecule has 1 rings (SSSR count). The van der Waals surface area contributed by atoms with E-state index in [1.807, 2.05) is 0 Å². The Labute approximate surface area is 101 Å². The molecule has 0 spiro atoms. The fourth-order valence-corrected chi connectivity index (χ4v) is 1.99. The highest BCUT2D eigenvalue weighted by Crippen LogP contribution is 2.31. The van der Waals surface area contributed by atoms with Gasteiger partial charge in [-0.1, -0.05) is 13.8 Å². The maximum absolute atomic E-state index is 12.0. The predicted octanol–water partition coefficient (Wildman–Crippen LogP) is 0.861. The Morgan fingerprint density at radius 2 is 1.88 bits per heavy atom. The number of aliphatic hydroxyl groups is 1. The van der Waals surface area contributed by atoms with Crippen LogP contribution in [0.4, 0.5) is 0 Å². The zero-order chi connectivity index (χ0) is 13.1. The van der Waals surface area contributed by atoms with Gasteiger partial charge in [-0.2, -0.15) is 0 Å². The molecule has 1 aliphatic carbocycles. The molecule has 5 heteroatoms. The van der Waals surface area contributed by atoms with Crippen molar-refractivity contribution < 1.29 is 19.8 Å². The van der Waals surface area contributed by atoms with Crippen LogP contribution in [0.5, 0.6) is 0 Å². The van der Waals surface area contributed by atoms with E-state index >= 15 is 0 Å². The predicted molar refractivity (Wildman–Crippen MR) is 62.5 cm³/mol. The van der Waals surface area contributed by atoms with Gasteiger partial charge in [0.25, 0.3) is 0 Å². The molecule has 17 heavy (non-hydrogen) atoms. The molecule has 0 saturated heterocycles. The van der Waals surface area contributed by atoms with Crippen LogP contribution in [-0.2, 0) is 9.59 Å². The number of carboxylic acids is 1. The summed E-state index contributed by atoms with van der Waals surface area (Å²) in [6, 6.07) is 0.260. The number of aliphatic hydroxyl groups excluding tert-OH is 1. The van der Waals surface area contributed by atoms with Crippen LogP contribution in [0.1, 0.15) is 39.5 Å². The van der Waals surface area contributed by atoms with Crippen LogP contribution in [0.3, 0.4) is 0 Å². The number of carboxylic acid groups (broad SMARTS) is 1. The highest BCUT2D eigenvalue weighted by molar-refractivity contribution is 5.78. The van der Waals surface area contributed by atoms with E-state index in [0.717, 1.165) is 12.8 Å². The van der Waals surface area contributed by atoms with Crippen LogP contribution < -0.4 is 0 Å². The van der Waals surface area contributed by atoms with Crippen molar-refractivity contribution in [2.24, 2.45) is 5.41 Å². The van der Waals surface area contributed by atoms with Gasteiger partial charge in [0.15, 0.2) is 0 Å². The first-order valence-corrected chi connectivity index (χ1v) is 5.98. The van der Waals surface area contributed by atoms with Crippen LogP contribution in [0.15, 0.2) is 0 Å². The van der Waals surface area contributed by atoms with Crippen molar-refractivity contribution in [3.8, 4) is 0 Å². The Balaban J connectivity index is 2.53. The van der Waals surface area contributed by atoms with Gasteiger partial charge in [-0.15, -0.1) is 0 Å². The topological polar surface area (TPSA) is 77.8 Å². The minimum atomic E-state index is -0.886. The highest BCUT2D eigenvalue weighted by atomic mass is 16.4. The second-order valence-corrected chi connectivity index (χ2v) is 5.45. The number of carbonyl (C=O) groups excluding carboxylic acids is 1. The molecule has 0 unspecified atom stereocenters. The van der Waals surface area contributed by atoms with Crippen LogP contribution in [0.25, 0.3) is 0 Å². The number of carbonyl (C=O) groups is 2. The minimum absolute atomic E-state index is 0.0175. The number of rotatable bonds is 7. The van der Waals surface area contributed by atoms with E-state index in [1.165, 1.54) is 0 Å². The summed E-state index contributed by atoms with van der Waals surface area (Å²) in [6.07, 6.45) is 2.18. The second-order valence-electron chi connectivity index (χ2n) is 5.45. The van der Waals surface area contributed by atoms with E-state index in [9.17, 15) is 9.59 Å². The molecule has 2 N–H and O–H groups in total. The smallest absolute Gasteiger partial charge is 0.303 e. The summed E-state index contributed by atoms with van der Waals surface area (Å²) in [7, 11) is 0. The second kappa shape index (κ2) is 5.49. The van der Waals surface area contributed by atoms with Gasteiger partial charge in [-0.25, -0.2) is 0 Å². The summed E-state index contributed by atoms with van der Waals surface area (Å²) in [5, 5.41) is 17.7. The molecule has 0 radical (unpaired) electrons. The molecule has 0 aromatic rings. The SMILES string of the molecule is CC(C)(CC(=O)O)CC(=O)N(CCO)C1CC1. The third-order valence-electron chi connectivity index (χ3n) is 2.91. The number of aliphatic carboxylic acids is 1. The monoisotopic (exact) mass is 243 g/mol. The first kappa shape index (κ1) is 14.0. The molecule has 1 fully saturated rings. The molecule has 1 saturated carbocycles. The molecular formula is C12H21NO4. The van der Waals surface area contributed by atoms with Crippen molar-refractivity contribution in [1.29, 1.82) is 0 Å². The van der Waals surface area contributed by atoms with E-state index in [-0.39, 0.29) is 31.4 Å². The van der Waals surface area contributed by atoms with Gasteiger partial charge >= 0.3 is 5.97 Å². The highest BCUT2D eigenvalue weighted by Gasteiger charge is 2.35. The third-order valence-corrected chi connectivity index (χ3v) is 2.91. The lowest BCUT2D eigenvalue weighted by molar-refractivity contribution is -0.141. The van der Waals surface area contributed by atoms with E-state index in [2.05, 4.69) is 0 Å². The van der Waals surface area contributed by atoms with Crippen molar-refractivity contribution in [3.05, 3.63) is 0 Å². The standard InChI is InChI=1S/C12H21NO4/c1-12(2,8-11(16)17)7-10(15)13(5-6-14)9-3-4-9/h9,14H,3-8H2,1-2H3,(H,16,17). The van der Waals surface area contributed by atoms with Crippen molar-refractivity contribution in [1.82, 2.24) is 4.90 Å². The lowest BCUT2D eigenvalue weighted by Crippen LogP contribution is -2.38. The fourth-order valence-electron chi connectivity index (χ4n) is 1.99. The van der Waals surface area contributed by atoms with E-state index in [1.54, 1.807) is 18.7 Å². The van der Waals surface area contributed by atoms with Gasteiger partial charge in [0.2, 0.25) is 5.91 Å². The van der Waals surface area contributed by atoms with Gasteiger partial charge in [0.05, 0.1) is 13.0 Å². The Bertz CT molecular complexity index is 297. The van der Waals surface area contributed by atoms with Crippen molar-refractivity contribution in [3.63, 3.8) is 0 Å². The molecule has 0 heterocycles. The lowest BCUT2D eigenvalue weighted by Gasteiger charge is -2.27. The summed E-state index contributed by atoms with van der Waals surface area (Å²) in [6.45, 7) is 3.88.